The highest BCUT2D eigenvalue weighted by Gasteiger charge is 2.28. The number of nitrogens with zero attached hydrogens (tertiary/aromatic N) is 3. The third-order valence-corrected chi connectivity index (χ3v) is 6.84. The number of carbonyl (C=O) groups is 4. The highest BCUT2D eigenvalue weighted by molar-refractivity contribution is 7.09. The number of likely N-dealkylation sites (N-methyl/N-ethyl adjacent to an activating group) is 2. The quantitative estimate of drug-likeness (QED) is 0.561. The lowest BCUT2D eigenvalue weighted by Gasteiger charge is -2.27. The first-order valence-corrected chi connectivity index (χ1v) is 12.9. The summed E-state index contributed by atoms with van der Waals surface area (Å²) >= 11 is 1.58. The Kier molecular flexibility index (Phi) is 9.80. The largest absolute Gasteiger partial charge is 0.491 e. The number of hydrogen-bond acceptors (Lipinski definition) is 7. The standard InChI is InChI=1S/C25H33N5O5S/c1-4-30-12-13-35-20-9-6-5-8-18(20)24(33)28-19(14-22(31)29(3)15-23(30)32)25(34)26-11-7-10-21-27-17(2)16-36-21/h5-6,8-9,16,19H,4,7,10-15H2,1-3H3,(H,26,34)(H,28,33)/t19-/m0/s1. The van der Waals surface area contributed by atoms with Crippen molar-refractivity contribution in [1.82, 2.24) is 25.4 Å². The minimum atomic E-state index is -1.11. The van der Waals surface area contributed by atoms with Crippen molar-refractivity contribution in [3.8, 4) is 5.75 Å². The van der Waals surface area contributed by atoms with Crippen LogP contribution in [0.15, 0.2) is 29.6 Å². The molecular weight excluding hydrogens is 482 g/mol. The molecule has 194 valence electrons. The van der Waals surface area contributed by atoms with Crippen molar-refractivity contribution < 1.29 is 23.9 Å². The molecule has 2 N–H and O–H groups in total. The lowest BCUT2D eigenvalue weighted by atomic mass is 10.1. The van der Waals surface area contributed by atoms with Gasteiger partial charge in [0.25, 0.3) is 5.91 Å². The van der Waals surface area contributed by atoms with E-state index in [1.54, 1.807) is 40.5 Å². The number of thiazole rings is 1. The maximum atomic E-state index is 13.1. The third-order valence-electron chi connectivity index (χ3n) is 5.82. The number of fused-ring (bicyclic) bond motifs is 1. The number of para-hydroxylation sites is 1. The summed E-state index contributed by atoms with van der Waals surface area (Å²) in [5, 5.41) is 8.47. The van der Waals surface area contributed by atoms with Gasteiger partial charge in [0.15, 0.2) is 0 Å². The van der Waals surface area contributed by atoms with Crippen molar-refractivity contribution in [3.63, 3.8) is 0 Å². The topological polar surface area (TPSA) is 121 Å². The first kappa shape index (κ1) is 27.1. The van der Waals surface area contributed by atoms with Gasteiger partial charge in [-0.2, -0.15) is 0 Å². The molecule has 0 saturated carbocycles. The zero-order valence-electron chi connectivity index (χ0n) is 20.9. The van der Waals surface area contributed by atoms with Crippen LogP contribution in [0, 0.1) is 6.92 Å². The molecule has 0 aliphatic carbocycles. The van der Waals surface area contributed by atoms with Gasteiger partial charge in [-0.25, -0.2) is 4.98 Å². The molecule has 1 aromatic heterocycles. The van der Waals surface area contributed by atoms with E-state index in [0.29, 0.717) is 31.8 Å². The summed E-state index contributed by atoms with van der Waals surface area (Å²) < 4.78 is 5.81. The van der Waals surface area contributed by atoms with Crippen LogP contribution in [-0.4, -0.2) is 84.3 Å². The van der Waals surface area contributed by atoms with Crippen molar-refractivity contribution in [2.45, 2.75) is 39.2 Å². The molecule has 36 heavy (non-hydrogen) atoms. The highest BCUT2D eigenvalue weighted by atomic mass is 32.1. The average Bonchev–Trinajstić information content (AvgIpc) is 3.28. The summed E-state index contributed by atoms with van der Waals surface area (Å²) in [5.74, 6) is -1.27. The average molecular weight is 516 g/mol. The molecule has 11 heteroatoms. The van der Waals surface area contributed by atoms with Gasteiger partial charge in [0.05, 0.1) is 30.1 Å². The smallest absolute Gasteiger partial charge is 0.255 e. The molecule has 1 aromatic carbocycles. The fourth-order valence-corrected chi connectivity index (χ4v) is 4.58. The molecule has 0 saturated heterocycles. The molecule has 0 bridgehead atoms. The van der Waals surface area contributed by atoms with Crippen LogP contribution in [0.1, 0.15) is 40.8 Å². The number of aromatic nitrogens is 1. The molecule has 0 fully saturated rings. The Hall–Kier alpha value is -3.47. The van der Waals surface area contributed by atoms with Crippen LogP contribution < -0.4 is 15.4 Å². The van der Waals surface area contributed by atoms with E-state index in [-0.39, 0.29) is 31.0 Å². The summed E-state index contributed by atoms with van der Waals surface area (Å²) in [7, 11) is 1.51. The van der Waals surface area contributed by atoms with E-state index in [2.05, 4.69) is 15.6 Å². The molecule has 3 rings (SSSR count). The number of aryl methyl sites for hydroxylation is 2. The Balaban J connectivity index is 1.74. The second-order valence-corrected chi connectivity index (χ2v) is 9.52. The summed E-state index contributed by atoms with van der Waals surface area (Å²) in [6.45, 7) is 4.99. The van der Waals surface area contributed by atoms with Gasteiger partial charge in [-0.1, -0.05) is 12.1 Å². The predicted molar refractivity (Wildman–Crippen MR) is 136 cm³/mol. The van der Waals surface area contributed by atoms with Gasteiger partial charge >= 0.3 is 0 Å². The SMILES string of the molecule is CCN1CCOc2ccccc2C(=O)N[C@H](C(=O)NCCCc2nc(C)cs2)CC(=O)N(C)CC1=O. The number of rotatable bonds is 6. The molecule has 1 aliphatic heterocycles. The van der Waals surface area contributed by atoms with E-state index in [4.69, 9.17) is 4.74 Å². The molecule has 4 amide bonds. The van der Waals surface area contributed by atoms with Gasteiger partial charge in [0.1, 0.15) is 18.4 Å². The van der Waals surface area contributed by atoms with Gasteiger partial charge < -0.3 is 25.2 Å². The second-order valence-electron chi connectivity index (χ2n) is 8.58. The zero-order valence-corrected chi connectivity index (χ0v) is 21.7. The lowest BCUT2D eigenvalue weighted by Crippen LogP contribution is -2.50. The Labute approximate surface area is 215 Å². The van der Waals surface area contributed by atoms with Crippen LogP contribution in [-0.2, 0) is 20.8 Å². The Morgan fingerprint density at radius 3 is 2.75 bits per heavy atom. The van der Waals surface area contributed by atoms with Crippen molar-refractivity contribution in [1.29, 1.82) is 0 Å². The van der Waals surface area contributed by atoms with Crippen molar-refractivity contribution >= 4 is 35.0 Å². The maximum Gasteiger partial charge on any atom is 0.255 e. The van der Waals surface area contributed by atoms with Crippen LogP contribution in [0.25, 0.3) is 0 Å². The van der Waals surface area contributed by atoms with Crippen molar-refractivity contribution in [2.24, 2.45) is 0 Å². The number of hydrogen-bond donors (Lipinski definition) is 2. The van der Waals surface area contributed by atoms with E-state index in [9.17, 15) is 19.2 Å². The van der Waals surface area contributed by atoms with Gasteiger partial charge in [-0.05, 0) is 32.4 Å². The molecule has 1 aliphatic rings. The zero-order chi connectivity index (χ0) is 26.1. The minimum absolute atomic E-state index is 0.126. The van der Waals surface area contributed by atoms with Crippen molar-refractivity contribution in [2.75, 3.05) is 39.8 Å². The van der Waals surface area contributed by atoms with Crippen LogP contribution in [0.3, 0.4) is 0 Å². The predicted octanol–water partition coefficient (Wildman–Crippen LogP) is 1.39. The fraction of sp³-hybridized carbons (Fsp3) is 0.480. The Morgan fingerprint density at radius 2 is 2.03 bits per heavy atom. The molecule has 0 spiro atoms. The number of ether oxygens (including phenoxy) is 1. The molecule has 2 aromatic rings. The van der Waals surface area contributed by atoms with Gasteiger partial charge in [0, 0.05) is 37.6 Å². The van der Waals surface area contributed by atoms with E-state index in [0.717, 1.165) is 17.1 Å². The second kappa shape index (κ2) is 13.0. The number of carbonyl (C=O) groups excluding carboxylic acids is 4. The number of amides is 4. The number of nitrogens with one attached hydrogen (secondary N) is 2. The normalized spacial score (nSPS) is 17.6. The Bertz CT molecular complexity index is 1090. The monoisotopic (exact) mass is 515 g/mol. The van der Waals surface area contributed by atoms with Crippen LogP contribution >= 0.6 is 11.3 Å². The number of benzene rings is 1. The van der Waals surface area contributed by atoms with Crippen LogP contribution in [0.2, 0.25) is 0 Å². The molecular formula is C25H33N5O5S. The van der Waals surface area contributed by atoms with E-state index >= 15 is 0 Å². The van der Waals surface area contributed by atoms with E-state index < -0.39 is 23.8 Å². The Morgan fingerprint density at radius 1 is 1.25 bits per heavy atom. The van der Waals surface area contributed by atoms with Crippen molar-refractivity contribution in [3.05, 3.63) is 45.9 Å². The lowest BCUT2D eigenvalue weighted by molar-refractivity contribution is -0.140. The minimum Gasteiger partial charge on any atom is -0.491 e. The third kappa shape index (κ3) is 7.51. The van der Waals surface area contributed by atoms with E-state index in [1.165, 1.54) is 11.9 Å². The molecule has 1 atom stereocenters. The van der Waals surface area contributed by atoms with Gasteiger partial charge in [-0.3, -0.25) is 19.2 Å². The van der Waals surface area contributed by atoms with Gasteiger partial charge in [0.2, 0.25) is 17.7 Å². The summed E-state index contributed by atoms with van der Waals surface area (Å²) in [6, 6.07) is 5.58. The summed E-state index contributed by atoms with van der Waals surface area (Å²) in [6.07, 6.45) is 1.12. The molecule has 10 nitrogen and oxygen atoms in total. The van der Waals surface area contributed by atoms with Gasteiger partial charge in [-0.15, -0.1) is 11.3 Å². The fourth-order valence-electron chi connectivity index (χ4n) is 3.76. The first-order chi connectivity index (χ1) is 17.3. The van der Waals surface area contributed by atoms with E-state index in [1.807, 2.05) is 19.2 Å². The maximum absolute atomic E-state index is 13.1. The first-order valence-electron chi connectivity index (χ1n) is 12.0. The molecule has 0 unspecified atom stereocenters. The molecule has 0 radical (unpaired) electrons. The van der Waals surface area contributed by atoms with Crippen LogP contribution in [0.4, 0.5) is 0 Å². The molecule has 2 heterocycles. The van der Waals surface area contributed by atoms with Crippen LogP contribution in [0.5, 0.6) is 5.75 Å². The highest BCUT2D eigenvalue weighted by Crippen LogP contribution is 2.19. The summed E-state index contributed by atoms with van der Waals surface area (Å²) in [4.78, 5) is 59.0. The summed E-state index contributed by atoms with van der Waals surface area (Å²) in [5.41, 5.74) is 1.22.